The minimum atomic E-state index is -0.859. The summed E-state index contributed by atoms with van der Waals surface area (Å²) in [5, 5.41) is 17.0. The molecule has 94 valence electrons. The van der Waals surface area contributed by atoms with Crippen molar-refractivity contribution in [2.75, 3.05) is 0 Å². The van der Waals surface area contributed by atoms with E-state index in [1.54, 1.807) is 25.1 Å². The van der Waals surface area contributed by atoms with Gasteiger partial charge >= 0.3 is 5.97 Å². The molecule has 0 aliphatic carbocycles. The molecule has 0 saturated heterocycles. The number of carboxylic acid groups (broad SMARTS) is 1. The molecule has 0 aliphatic heterocycles. The zero-order chi connectivity index (χ0) is 13.1. The van der Waals surface area contributed by atoms with E-state index in [2.05, 4.69) is 10.2 Å². The molecule has 18 heavy (non-hydrogen) atoms. The van der Waals surface area contributed by atoms with Crippen molar-refractivity contribution in [3.63, 3.8) is 0 Å². The standard InChI is InChI=1S/C12H11ClN2O3/c1-7-14-15-12(18-7)10-4-3-9(13)6-8(10)2-5-11(16)17/h3-4,6H,2,5H2,1H3,(H,16,17). The van der Waals surface area contributed by atoms with Gasteiger partial charge in [-0.3, -0.25) is 4.79 Å². The number of hydrogen-bond donors (Lipinski definition) is 1. The summed E-state index contributed by atoms with van der Waals surface area (Å²) in [6.07, 6.45) is 0.396. The highest BCUT2D eigenvalue weighted by Gasteiger charge is 2.12. The van der Waals surface area contributed by atoms with Crippen LogP contribution in [-0.4, -0.2) is 21.3 Å². The number of aryl methyl sites for hydroxylation is 2. The maximum atomic E-state index is 10.6. The Balaban J connectivity index is 2.37. The van der Waals surface area contributed by atoms with Crippen molar-refractivity contribution >= 4 is 17.6 Å². The van der Waals surface area contributed by atoms with Gasteiger partial charge in [0, 0.05) is 23.9 Å². The number of rotatable bonds is 4. The molecule has 0 bridgehead atoms. The Bertz CT molecular complexity index is 580. The maximum Gasteiger partial charge on any atom is 0.303 e. The van der Waals surface area contributed by atoms with Crippen molar-refractivity contribution < 1.29 is 14.3 Å². The van der Waals surface area contributed by atoms with Gasteiger partial charge < -0.3 is 9.52 Å². The van der Waals surface area contributed by atoms with Crippen LogP contribution >= 0.6 is 11.6 Å². The van der Waals surface area contributed by atoms with E-state index in [0.29, 0.717) is 23.2 Å². The van der Waals surface area contributed by atoms with Gasteiger partial charge in [0.2, 0.25) is 11.8 Å². The van der Waals surface area contributed by atoms with Crippen molar-refractivity contribution in [1.29, 1.82) is 0 Å². The Hall–Kier alpha value is -1.88. The van der Waals surface area contributed by atoms with Gasteiger partial charge in [-0.15, -0.1) is 10.2 Å². The summed E-state index contributed by atoms with van der Waals surface area (Å²) in [6, 6.07) is 5.19. The normalized spacial score (nSPS) is 10.6. The summed E-state index contributed by atoms with van der Waals surface area (Å²) in [4.78, 5) is 10.6. The fourth-order valence-corrected chi connectivity index (χ4v) is 1.82. The van der Waals surface area contributed by atoms with Crippen molar-refractivity contribution in [2.45, 2.75) is 19.8 Å². The van der Waals surface area contributed by atoms with Crippen LogP contribution < -0.4 is 0 Å². The first-order chi connectivity index (χ1) is 8.56. The zero-order valence-electron chi connectivity index (χ0n) is 9.68. The SMILES string of the molecule is Cc1nnc(-c2ccc(Cl)cc2CCC(=O)O)o1. The van der Waals surface area contributed by atoms with Crippen LogP contribution in [0.25, 0.3) is 11.5 Å². The van der Waals surface area contributed by atoms with Crippen molar-refractivity contribution in [1.82, 2.24) is 10.2 Å². The molecule has 1 aromatic heterocycles. The van der Waals surface area contributed by atoms with Crippen LogP contribution in [-0.2, 0) is 11.2 Å². The minimum Gasteiger partial charge on any atom is -0.481 e. The van der Waals surface area contributed by atoms with Gasteiger partial charge in [0.05, 0.1) is 0 Å². The number of nitrogens with zero attached hydrogens (tertiary/aromatic N) is 2. The molecule has 5 nitrogen and oxygen atoms in total. The monoisotopic (exact) mass is 266 g/mol. The molecule has 1 heterocycles. The third kappa shape index (κ3) is 2.87. The molecule has 0 fully saturated rings. The molecule has 1 aromatic carbocycles. The van der Waals surface area contributed by atoms with Gasteiger partial charge in [0.25, 0.3) is 0 Å². The van der Waals surface area contributed by atoms with E-state index in [0.717, 1.165) is 11.1 Å². The van der Waals surface area contributed by atoms with Gasteiger partial charge in [-0.25, -0.2) is 0 Å². The zero-order valence-corrected chi connectivity index (χ0v) is 10.4. The van der Waals surface area contributed by atoms with Crippen molar-refractivity contribution in [2.24, 2.45) is 0 Å². The molecular weight excluding hydrogens is 256 g/mol. The van der Waals surface area contributed by atoms with Crippen LogP contribution in [0.3, 0.4) is 0 Å². The number of carboxylic acids is 1. The van der Waals surface area contributed by atoms with Crippen LogP contribution in [0.2, 0.25) is 5.02 Å². The fraction of sp³-hybridized carbons (Fsp3) is 0.250. The number of aliphatic carboxylic acids is 1. The summed E-state index contributed by atoms with van der Waals surface area (Å²) >= 11 is 5.91. The summed E-state index contributed by atoms with van der Waals surface area (Å²) in [5.74, 6) is -0.0173. The first-order valence-electron chi connectivity index (χ1n) is 5.37. The summed E-state index contributed by atoms with van der Waals surface area (Å²) in [5.41, 5.74) is 1.51. The van der Waals surface area contributed by atoms with E-state index in [-0.39, 0.29) is 6.42 Å². The number of halogens is 1. The van der Waals surface area contributed by atoms with Crippen LogP contribution in [0.4, 0.5) is 0 Å². The number of hydrogen-bond acceptors (Lipinski definition) is 4. The lowest BCUT2D eigenvalue weighted by atomic mass is 10.0. The Morgan fingerprint density at radius 3 is 2.83 bits per heavy atom. The maximum absolute atomic E-state index is 10.6. The molecule has 2 aromatic rings. The van der Waals surface area contributed by atoms with Gasteiger partial charge in [0.15, 0.2) is 0 Å². The first kappa shape index (κ1) is 12.6. The summed E-state index contributed by atoms with van der Waals surface area (Å²) < 4.78 is 5.34. The molecular formula is C12H11ClN2O3. The Kier molecular flexibility index (Phi) is 3.62. The van der Waals surface area contributed by atoms with E-state index in [1.807, 2.05) is 0 Å². The quantitative estimate of drug-likeness (QED) is 0.921. The molecule has 2 rings (SSSR count). The number of aromatic nitrogens is 2. The molecule has 6 heteroatoms. The van der Waals surface area contributed by atoms with E-state index in [9.17, 15) is 4.79 Å². The molecule has 0 amide bonds. The lowest BCUT2D eigenvalue weighted by molar-refractivity contribution is -0.136. The molecule has 0 atom stereocenters. The second-order valence-electron chi connectivity index (χ2n) is 3.82. The van der Waals surface area contributed by atoms with Crippen molar-refractivity contribution in [3.8, 4) is 11.5 Å². The third-order valence-electron chi connectivity index (χ3n) is 2.43. The Labute approximate surface area is 108 Å². The predicted octanol–water partition coefficient (Wildman–Crippen LogP) is 2.72. The number of carbonyl (C=O) groups is 1. The van der Waals surface area contributed by atoms with Crippen LogP contribution in [0, 0.1) is 6.92 Å². The molecule has 1 N–H and O–H groups in total. The van der Waals surface area contributed by atoms with Gasteiger partial charge in [0.1, 0.15) is 0 Å². The molecule has 0 aliphatic rings. The summed E-state index contributed by atoms with van der Waals surface area (Å²) in [6.45, 7) is 1.70. The molecule has 0 radical (unpaired) electrons. The van der Waals surface area contributed by atoms with E-state index in [4.69, 9.17) is 21.1 Å². The average Bonchev–Trinajstić information content (AvgIpc) is 2.73. The minimum absolute atomic E-state index is 0.0282. The van der Waals surface area contributed by atoms with Crippen LogP contribution in [0.1, 0.15) is 17.9 Å². The largest absolute Gasteiger partial charge is 0.481 e. The second kappa shape index (κ2) is 5.18. The lowest BCUT2D eigenvalue weighted by Gasteiger charge is -2.05. The highest BCUT2D eigenvalue weighted by molar-refractivity contribution is 6.30. The molecule has 0 unspecified atom stereocenters. The highest BCUT2D eigenvalue weighted by Crippen LogP contribution is 2.26. The third-order valence-corrected chi connectivity index (χ3v) is 2.67. The van der Waals surface area contributed by atoms with E-state index < -0.39 is 5.97 Å². The summed E-state index contributed by atoms with van der Waals surface area (Å²) in [7, 11) is 0. The van der Waals surface area contributed by atoms with Gasteiger partial charge in [-0.05, 0) is 30.2 Å². The Morgan fingerprint density at radius 2 is 2.22 bits per heavy atom. The number of benzene rings is 1. The smallest absolute Gasteiger partial charge is 0.303 e. The van der Waals surface area contributed by atoms with Crippen LogP contribution in [0.5, 0.6) is 0 Å². The lowest BCUT2D eigenvalue weighted by Crippen LogP contribution is -1.99. The highest BCUT2D eigenvalue weighted by atomic mass is 35.5. The first-order valence-corrected chi connectivity index (χ1v) is 5.75. The van der Waals surface area contributed by atoms with E-state index in [1.165, 1.54) is 0 Å². The van der Waals surface area contributed by atoms with Gasteiger partial charge in [-0.2, -0.15) is 0 Å². The van der Waals surface area contributed by atoms with Gasteiger partial charge in [-0.1, -0.05) is 11.6 Å². The molecule has 0 spiro atoms. The Morgan fingerprint density at radius 1 is 1.44 bits per heavy atom. The second-order valence-corrected chi connectivity index (χ2v) is 4.26. The molecule has 0 saturated carbocycles. The van der Waals surface area contributed by atoms with Crippen LogP contribution in [0.15, 0.2) is 22.6 Å². The topological polar surface area (TPSA) is 76.2 Å². The predicted molar refractivity (Wildman–Crippen MR) is 65.4 cm³/mol. The average molecular weight is 267 g/mol. The fourth-order valence-electron chi connectivity index (χ4n) is 1.62. The van der Waals surface area contributed by atoms with E-state index >= 15 is 0 Å². The van der Waals surface area contributed by atoms with Crippen molar-refractivity contribution in [3.05, 3.63) is 34.7 Å².